The third-order valence-electron chi connectivity index (χ3n) is 5.93. The third kappa shape index (κ3) is 6.90. The maximum atomic E-state index is 12.4. The average Bonchev–Trinajstić information content (AvgIpc) is 2.93. The molecule has 0 spiro atoms. The zero-order valence-corrected chi connectivity index (χ0v) is 19.7. The zero-order chi connectivity index (χ0) is 24.3. The van der Waals surface area contributed by atoms with Gasteiger partial charge in [-0.2, -0.15) is 0 Å². The Morgan fingerprint density at radius 3 is 1.14 bits per heavy atom. The third-order valence-corrected chi connectivity index (χ3v) is 5.93. The van der Waals surface area contributed by atoms with Crippen LogP contribution in [-0.4, -0.2) is 24.9 Å². The summed E-state index contributed by atoms with van der Waals surface area (Å²) in [5.41, 5.74) is 5.78. The van der Waals surface area contributed by atoms with Gasteiger partial charge in [0, 0.05) is 24.2 Å². The SMILES string of the molecule is O=C(NCCCCCNC(=O)c1ccc(-c2ccccc2)cc1)c1ccc(-c2ccccc2)cc1. The summed E-state index contributed by atoms with van der Waals surface area (Å²) in [6.07, 6.45) is 2.67. The Balaban J connectivity index is 1.11. The molecule has 0 atom stereocenters. The van der Waals surface area contributed by atoms with E-state index in [1.807, 2.05) is 84.9 Å². The molecule has 0 aromatic heterocycles. The van der Waals surface area contributed by atoms with Crippen molar-refractivity contribution in [3.05, 3.63) is 120 Å². The monoisotopic (exact) mass is 462 g/mol. The summed E-state index contributed by atoms with van der Waals surface area (Å²) in [6, 6.07) is 35.6. The molecule has 0 saturated carbocycles. The lowest BCUT2D eigenvalue weighted by Gasteiger charge is -2.08. The lowest BCUT2D eigenvalue weighted by molar-refractivity contribution is 0.0947. The molecule has 0 heterocycles. The van der Waals surface area contributed by atoms with Crippen molar-refractivity contribution < 1.29 is 9.59 Å². The Kier molecular flexibility index (Phi) is 8.44. The summed E-state index contributed by atoms with van der Waals surface area (Å²) in [6.45, 7) is 1.24. The Morgan fingerprint density at radius 1 is 0.429 bits per heavy atom. The quantitative estimate of drug-likeness (QED) is 0.270. The van der Waals surface area contributed by atoms with Crippen LogP contribution in [-0.2, 0) is 0 Å². The second-order valence-electron chi connectivity index (χ2n) is 8.46. The van der Waals surface area contributed by atoms with Crippen molar-refractivity contribution in [2.24, 2.45) is 0 Å². The van der Waals surface area contributed by atoms with E-state index in [-0.39, 0.29) is 11.8 Å². The minimum absolute atomic E-state index is 0.0585. The van der Waals surface area contributed by atoms with Crippen molar-refractivity contribution in [3.63, 3.8) is 0 Å². The fourth-order valence-corrected chi connectivity index (χ4v) is 3.92. The summed E-state index contributed by atoms with van der Waals surface area (Å²) in [7, 11) is 0. The van der Waals surface area contributed by atoms with Crippen LogP contribution in [0.2, 0.25) is 0 Å². The van der Waals surface area contributed by atoms with Gasteiger partial charge in [0.25, 0.3) is 11.8 Å². The van der Waals surface area contributed by atoms with Crippen molar-refractivity contribution >= 4 is 11.8 Å². The summed E-state index contributed by atoms with van der Waals surface area (Å²) in [4.78, 5) is 24.7. The van der Waals surface area contributed by atoms with E-state index in [1.165, 1.54) is 0 Å². The lowest BCUT2D eigenvalue weighted by atomic mass is 10.0. The van der Waals surface area contributed by atoms with Crippen LogP contribution < -0.4 is 10.6 Å². The molecule has 0 unspecified atom stereocenters. The average molecular weight is 463 g/mol. The molecule has 4 rings (SSSR count). The lowest BCUT2D eigenvalue weighted by Crippen LogP contribution is -2.26. The standard InChI is InChI=1S/C31H30N2O2/c34-30(28-18-14-26(15-19-28)24-10-4-1-5-11-24)32-22-8-3-9-23-33-31(35)29-20-16-27(17-21-29)25-12-6-2-7-13-25/h1-2,4-7,10-21H,3,8-9,22-23H2,(H,32,34)(H,33,35). The van der Waals surface area contributed by atoms with E-state index in [0.717, 1.165) is 41.5 Å². The predicted molar refractivity (Wildman–Crippen MR) is 142 cm³/mol. The van der Waals surface area contributed by atoms with Crippen LogP contribution in [0.25, 0.3) is 22.3 Å². The van der Waals surface area contributed by atoms with Crippen molar-refractivity contribution in [2.75, 3.05) is 13.1 Å². The molecule has 0 aliphatic heterocycles. The highest BCUT2D eigenvalue weighted by Crippen LogP contribution is 2.20. The predicted octanol–water partition coefficient (Wildman–Crippen LogP) is 6.35. The van der Waals surface area contributed by atoms with E-state index < -0.39 is 0 Å². The number of carbonyl (C=O) groups excluding carboxylic acids is 2. The molecule has 4 aromatic carbocycles. The molecular weight excluding hydrogens is 432 g/mol. The maximum Gasteiger partial charge on any atom is 0.251 e. The van der Waals surface area contributed by atoms with Gasteiger partial charge in [-0.3, -0.25) is 9.59 Å². The van der Waals surface area contributed by atoms with Crippen LogP contribution in [0, 0.1) is 0 Å². The number of benzene rings is 4. The highest BCUT2D eigenvalue weighted by Gasteiger charge is 2.07. The molecule has 0 fully saturated rings. The number of amides is 2. The minimum atomic E-state index is -0.0585. The Hall–Kier alpha value is -4.18. The first-order valence-electron chi connectivity index (χ1n) is 12.1. The van der Waals surface area contributed by atoms with E-state index in [0.29, 0.717) is 24.2 Å². The molecule has 2 N–H and O–H groups in total. The first-order chi connectivity index (χ1) is 17.2. The maximum absolute atomic E-state index is 12.4. The topological polar surface area (TPSA) is 58.2 Å². The van der Waals surface area contributed by atoms with Gasteiger partial charge in [0.15, 0.2) is 0 Å². The van der Waals surface area contributed by atoms with Crippen LogP contribution in [0.3, 0.4) is 0 Å². The van der Waals surface area contributed by atoms with Crippen LogP contribution >= 0.6 is 0 Å². The molecule has 4 aromatic rings. The molecule has 4 nitrogen and oxygen atoms in total. The van der Waals surface area contributed by atoms with Crippen molar-refractivity contribution in [1.29, 1.82) is 0 Å². The molecule has 0 aliphatic rings. The van der Waals surface area contributed by atoms with E-state index in [9.17, 15) is 9.59 Å². The molecule has 0 aliphatic carbocycles. The van der Waals surface area contributed by atoms with Crippen molar-refractivity contribution in [3.8, 4) is 22.3 Å². The van der Waals surface area contributed by atoms with Gasteiger partial charge in [-0.1, -0.05) is 84.9 Å². The number of rotatable bonds is 10. The molecule has 4 heteroatoms. The van der Waals surface area contributed by atoms with Gasteiger partial charge in [-0.25, -0.2) is 0 Å². The van der Waals surface area contributed by atoms with Crippen LogP contribution in [0.4, 0.5) is 0 Å². The molecule has 0 radical (unpaired) electrons. The van der Waals surface area contributed by atoms with Crippen LogP contribution in [0.15, 0.2) is 109 Å². The van der Waals surface area contributed by atoms with Gasteiger partial charge in [-0.15, -0.1) is 0 Å². The van der Waals surface area contributed by atoms with Crippen molar-refractivity contribution in [2.45, 2.75) is 19.3 Å². The number of hydrogen-bond donors (Lipinski definition) is 2. The summed E-state index contributed by atoms with van der Waals surface area (Å²) < 4.78 is 0. The Morgan fingerprint density at radius 2 is 0.771 bits per heavy atom. The number of unbranched alkanes of at least 4 members (excludes halogenated alkanes) is 2. The van der Waals surface area contributed by atoms with Crippen LogP contribution in [0.5, 0.6) is 0 Å². The van der Waals surface area contributed by atoms with Gasteiger partial charge in [0.2, 0.25) is 0 Å². The van der Waals surface area contributed by atoms with E-state index >= 15 is 0 Å². The van der Waals surface area contributed by atoms with Gasteiger partial charge in [-0.05, 0) is 65.8 Å². The van der Waals surface area contributed by atoms with E-state index in [4.69, 9.17) is 0 Å². The summed E-state index contributed by atoms with van der Waals surface area (Å²) in [5.74, 6) is -0.117. The second-order valence-corrected chi connectivity index (χ2v) is 8.46. The van der Waals surface area contributed by atoms with Gasteiger partial charge < -0.3 is 10.6 Å². The zero-order valence-electron chi connectivity index (χ0n) is 19.7. The highest BCUT2D eigenvalue weighted by atomic mass is 16.2. The fourth-order valence-electron chi connectivity index (χ4n) is 3.92. The van der Waals surface area contributed by atoms with E-state index in [1.54, 1.807) is 0 Å². The van der Waals surface area contributed by atoms with Crippen LogP contribution in [0.1, 0.15) is 40.0 Å². The molecule has 0 bridgehead atoms. The van der Waals surface area contributed by atoms with Gasteiger partial charge in [0.1, 0.15) is 0 Å². The first-order valence-corrected chi connectivity index (χ1v) is 12.1. The van der Waals surface area contributed by atoms with Gasteiger partial charge >= 0.3 is 0 Å². The van der Waals surface area contributed by atoms with E-state index in [2.05, 4.69) is 34.9 Å². The molecule has 35 heavy (non-hydrogen) atoms. The Bertz CT molecular complexity index is 1120. The highest BCUT2D eigenvalue weighted by molar-refractivity contribution is 5.95. The number of carbonyl (C=O) groups is 2. The Labute approximate surface area is 207 Å². The smallest absolute Gasteiger partial charge is 0.251 e. The number of hydrogen-bond acceptors (Lipinski definition) is 2. The molecule has 2 amide bonds. The summed E-state index contributed by atoms with van der Waals surface area (Å²) >= 11 is 0. The van der Waals surface area contributed by atoms with Crippen molar-refractivity contribution in [1.82, 2.24) is 10.6 Å². The fraction of sp³-hybridized carbons (Fsp3) is 0.161. The minimum Gasteiger partial charge on any atom is -0.352 e. The summed E-state index contributed by atoms with van der Waals surface area (Å²) in [5, 5.41) is 5.95. The largest absolute Gasteiger partial charge is 0.352 e. The number of nitrogens with one attached hydrogen (secondary N) is 2. The molecular formula is C31H30N2O2. The van der Waals surface area contributed by atoms with Gasteiger partial charge in [0.05, 0.1) is 0 Å². The normalized spacial score (nSPS) is 10.5. The second kappa shape index (κ2) is 12.3. The first kappa shape index (κ1) is 24.0. The molecule has 176 valence electrons. The molecule has 0 saturated heterocycles.